The van der Waals surface area contributed by atoms with Gasteiger partial charge in [0, 0.05) is 25.0 Å². The summed E-state index contributed by atoms with van der Waals surface area (Å²) in [6, 6.07) is 3.67. The molecule has 0 radical (unpaired) electrons. The number of hydrogen-bond acceptors (Lipinski definition) is 2. The van der Waals surface area contributed by atoms with Gasteiger partial charge in [0.15, 0.2) is 0 Å². The Morgan fingerprint density at radius 3 is 3.00 bits per heavy atom. The van der Waals surface area contributed by atoms with Crippen LogP contribution in [0.15, 0.2) is 24.5 Å². The highest BCUT2D eigenvalue weighted by atomic mass is 79.9. The van der Waals surface area contributed by atoms with Crippen molar-refractivity contribution < 1.29 is 4.79 Å². The lowest BCUT2D eigenvalue weighted by Gasteiger charge is -2.15. The van der Waals surface area contributed by atoms with E-state index in [2.05, 4.69) is 20.9 Å². The number of aromatic nitrogens is 1. The standard InChI is InChI=1S/C9H11BrN2O/c1-12(9(13)4-5-10)8-3-2-6-11-7-8/h2-3,6-7H,4-5H2,1H3. The largest absolute Gasteiger partial charge is 0.314 e. The van der Waals surface area contributed by atoms with Crippen molar-refractivity contribution in [3.05, 3.63) is 24.5 Å². The van der Waals surface area contributed by atoms with Crippen LogP contribution < -0.4 is 4.90 Å². The molecule has 1 rings (SSSR count). The van der Waals surface area contributed by atoms with Crippen LogP contribution >= 0.6 is 15.9 Å². The minimum atomic E-state index is 0.0878. The summed E-state index contributed by atoms with van der Waals surface area (Å²) < 4.78 is 0. The fourth-order valence-electron chi connectivity index (χ4n) is 0.945. The van der Waals surface area contributed by atoms with Gasteiger partial charge < -0.3 is 4.90 Å². The zero-order valence-electron chi connectivity index (χ0n) is 7.40. The summed E-state index contributed by atoms with van der Waals surface area (Å²) in [5.74, 6) is 0.0878. The first-order valence-electron chi connectivity index (χ1n) is 3.98. The summed E-state index contributed by atoms with van der Waals surface area (Å²) in [6.45, 7) is 0. The number of amides is 1. The third-order valence-corrected chi connectivity index (χ3v) is 2.11. The van der Waals surface area contributed by atoms with Crippen LogP contribution in [0.1, 0.15) is 6.42 Å². The van der Waals surface area contributed by atoms with E-state index in [4.69, 9.17) is 0 Å². The molecule has 0 aliphatic heterocycles. The van der Waals surface area contributed by atoms with E-state index in [0.717, 1.165) is 5.69 Å². The second kappa shape index (κ2) is 4.97. The molecule has 70 valence electrons. The lowest BCUT2D eigenvalue weighted by molar-refractivity contribution is -0.117. The lowest BCUT2D eigenvalue weighted by Crippen LogP contribution is -2.26. The Morgan fingerprint density at radius 2 is 2.46 bits per heavy atom. The van der Waals surface area contributed by atoms with Crippen LogP contribution in [0.5, 0.6) is 0 Å². The SMILES string of the molecule is CN(C(=O)CCBr)c1cccnc1. The highest BCUT2D eigenvalue weighted by Crippen LogP contribution is 2.10. The summed E-state index contributed by atoms with van der Waals surface area (Å²) in [5, 5.41) is 0.691. The van der Waals surface area contributed by atoms with Gasteiger partial charge in [0.2, 0.25) is 5.91 Å². The summed E-state index contributed by atoms with van der Waals surface area (Å²) in [6.07, 6.45) is 3.86. The molecule has 0 spiro atoms. The first-order valence-corrected chi connectivity index (χ1v) is 5.10. The van der Waals surface area contributed by atoms with Crippen LogP contribution in [-0.4, -0.2) is 23.3 Å². The number of nitrogens with zero attached hydrogens (tertiary/aromatic N) is 2. The number of carbonyl (C=O) groups excluding carboxylic acids is 1. The van der Waals surface area contributed by atoms with Crippen molar-refractivity contribution in [2.45, 2.75) is 6.42 Å². The van der Waals surface area contributed by atoms with Crippen LogP contribution in [-0.2, 0) is 4.79 Å². The van der Waals surface area contributed by atoms with Crippen molar-refractivity contribution in [3.63, 3.8) is 0 Å². The third kappa shape index (κ3) is 2.81. The number of halogens is 1. The molecule has 4 heteroatoms. The van der Waals surface area contributed by atoms with Crippen molar-refractivity contribution in [1.29, 1.82) is 0 Å². The van der Waals surface area contributed by atoms with E-state index < -0.39 is 0 Å². The first kappa shape index (κ1) is 10.2. The van der Waals surface area contributed by atoms with Crippen LogP contribution in [0.4, 0.5) is 5.69 Å². The monoisotopic (exact) mass is 242 g/mol. The summed E-state index contributed by atoms with van der Waals surface area (Å²) in [5.41, 5.74) is 0.827. The zero-order valence-corrected chi connectivity index (χ0v) is 8.99. The molecule has 0 N–H and O–H groups in total. The third-order valence-electron chi connectivity index (χ3n) is 1.72. The van der Waals surface area contributed by atoms with Gasteiger partial charge in [0.25, 0.3) is 0 Å². The Kier molecular flexibility index (Phi) is 3.89. The Labute approximate surface area is 85.9 Å². The minimum absolute atomic E-state index is 0.0878. The quantitative estimate of drug-likeness (QED) is 0.759. The summed E-state index contributed by atoms with van der Waals surface area (Å²) in [4.78, 5) is 17.0. The maximum atomic E-state index is 11.4. The van der Waals surface area contributed by atoms with E-state index >= 15 is 0 Å². The van der Waals surface area contributed by atoms with Gasteiger partial charge in [-0.3, -0.25) is 9.78 Å². The maximum Gasteiger partial charge on any atom is 0.227 e. The lowest BCUT2D eigenvalue weighted by atomic mass is 10.3. The number of alkyl halides is 1. The smallest absolute Gasteiger partial charge is 0.227 e. The normalized spacial score (nSPS) is 9.69. The zero-order chi connectivity index (χ0) is 9.68. The fourth-order valence-corrected chi connectivity index (χ4v) is 1.28. The van der Waals surface area contributed by atoms with E-state index in [0.29, 0.717) is 11.8 Å². The Hall–Kier alpha value is -0.900. The van der Waals surface area contributed by atoms with E-state index in [-0.39, 0.29) is 5.91 Å². The van der Waals surface area contributed by atoms with Crippen molar-refractivity contribution in [2.75, 3.05) is 17.3 Å². The molecule has 0 bridgehead atoms. The van der Waals surface area contributed by atoms with Gasteiger partial charge in [-0.2, -0.15) is 0 Å². The number of rotatable bonds is 3. The predicted molar refractivity (Wildman–Crippen MR) is 56.1 cm³/mol. The summed E-state index contributed by atoms with van der Waals surface area (Å²) in [7, 11) is 1.75. The van der Waals surface area contributed by atoms with Crippen molar-refractivity contribution in [3.8, 4) is 0 Å². The van der Waals surface area contributed by atoms with Crippen LogP contribution in [0.25, 0.3) is 0 Å². The van der Waals surface area contributed by atoms with Crippen molar-refractivity contribution in [1.82, 2.24) is 4.98 Å². The number of pyridine rings is 1. The maximum absolute atomic E-state index is 11.4. The molecule has 0 aliphatic rings. The molecule has 0 aromatic carbocycles. The van der Waals surface area contributed by atoms with Gasteiger partial charge in [0.05, 0.1) is 11.9 Å². The highest BCUT2D eigenvalue weighted by molar-refractivity contribution is 9.09. The molecule has 1 heterocycles. The van der Waals surface area contributed by atoms with E-state index in [1.54, 1.807) is 24.3 Å². The van der Waals surface area contributed by atoms with Crippen LogP contribution in [0, 0.1) is 0 Å². The second-order valence-corrected chi connectivity index (χ2v) is 3.40. The second-order valence-electron chi connectivity index (χ2n) is 2.60. The van der Waals surface area contributed by atoms with Crippen molar-refractivity contribution >= 4 is 27.5 Å². The molecular weight excluding hydrogens is 232 g/mol. The molecule has 1 amide bonds. The molecule has 0 fully saturated rings. The van der Waals surface area contributed by atoms with Gasteiger partial charge in [0.1, 0.15) is 0 Å². The fraction of sp³-hybridized carbons (Fsp3) is 0.333. The molecule has 3 nitrogen and oxygen atoms in total. The van der Waals surface area contributed by atoms with Gasteiger partial charge in [-0.25, -0.2) is 0 Å². The molecule has 13 heavy (non-hydrogen) atoms. The Morgan fingerprint density at radius 1 is 1.69 bits per heavy atom. The van der Waals surface area contributed by atoms with E-state index in [1.165, 1.54) is 0 Å². The molecular formula is C9H11BrN2O. The minimum Gasteiger partial charge on any atom is -0.314 e. The van der Waals surface area contributed by atoms with Crippen LogP contribution in [0.3, 0.4) is 0 Å². The topological polar surface area (TPSA) is 33.2 Å². The average Bonchev–Trinajstić information content (AvgIpc) is 2.18. The van der Waals surface area contributed by atoms with E-state index in [1.807, 2.05) is 12.1 Å². The van der Waals surface area contributed by atoms with Gasteiger partial charge in [-0.1, -0.05) is 15.9 Å². The molecule has 0 saturated heterocycles. The predicted octanol–water partition coefficient (Wildman–Crippen LogP) is 1.83. The Bertz CT molecular complexity index is 276. The van der Waals surface area contributed by atoms with Gasteiger partial charge >= 0.3 is 0 Å². The Balaban J connectivity index is 2.68. The summed E-state index contributed by atoms with van der Waals surface area (Å²) >= 11 is 3.23. The van der Waals surface area contributed by atoms with Crippen LogP contribution in [0.2, 0.25) is 0 Å². The molecule has 0 unspecified atom stereocenters. The highest BCUT2D eigenvalue weighted by Gasteiger charge is 2.08. The van der Waals surface area contributed by atoms with E-state index in [9.17, 15) is 4.79 Å². The number of hydrogen-bond donors (Lipinski definition) is 0. The van der Waals surface area contributed by atoms with Crippen molar-refractivity contribution in [2.24, 2.45) is 0 Å². The van der Waals surface area contributed by atoms with Gasteiger partial charge in [-0.05, 0) is 12.1 Å². The first-order chi connectivity index (χ1) is 6.25. The molecule has 0 saturated carbocycles. The number of anilines is 1. The molecule has 0 aliphatic carbocycles. The molecule has 1 aromatic heterocycles. The molecule has 0 atom stereocenters. The van der Waals surface area contributed by atoms with Gasteiger partial charge in [-0.15, -0.1) is 0 Å². The number of carbonyl (C=O) groups is 1. The average molecular weight is 243 g/mol. The molecule has 1 aromatic rings.